The van der Waals surface area contributed by atoms with E-state index >= 15 is 0 Å². The van der Waals surface area contributed by atoms with Crippen LogP contribution in [0.2, 0.25) is 0 Å². The van der Waals surface area contributed by atoms with Gasteiger partial charge >= 0.3 is 0 Å². The monoisotopic (exact) mass is 382 g/mol. The molecule has 1 N–H and O–H groups in total. The van der Waals surface area contributed by atoms with Gasteiger partial charge in [-0.1, -0.05) is 12.1 Å². The Kier molecular flexibility index (Phi) is 7.08. The number of rotatable bonds is 7. The Morgan fingerprint density at radius 2 is 2.00 bits per heavy atom. The van der Waals surface area contributed by atoms with E-state index in [1.807, 2.05) is 24.3 Å². The minimum atomic E-state index is 0.0124. The smallest absolute Gasteiger partial charge is 0.230 e. The lowest BCUT2D eigenvalue weighted by Crippen LogP contribution is -2.36. The summed E-state index contributed by atoms with van der Waals surface area (Å²) in [7, 11) is 0. The number of aromatic nitrogens is 1. The van der Waals surface area contributed by atoms with Crippen molar-refractivity contribution in [3.8, 4) is 6.07 Å². The molecule has 0 atom stereocenters. The molecule has 0 bridgehead atoms. The molecule has 2 aromatic rings. The molecular weight excluding hydrogens is 360 g/mol. The maximum atomic E-state index is 12.1. The summed E-state index contributed by atoms with van der Waals surface area (Å²) < 4.78 is 5.37. The van der Waals surface area contributed by atoms with Crippen LogP contribution >= 0.6 is 11.8 Å². The van der Waals surface area contributed by atoms with Crippen molar-refractivity contribution >= 4 is 23.5 Å². The Hall–Kier alpha value is -2.56. The molecule has 27 heavy (non-hydrogen) atoms. The third-order valence-electron chi connectivity index (χ3n) is 4.22. The highest BCUT2D eigenvalue weighted by molar-refractivity contribution is 7.99. The van der Waals surface area contributed by atoms with Gasteiger partial charge in [-0.15, -0.1) is 11.8 Å². The second-order valence-electron chi connectivity index (χ2n) is 6.20. The minimum Gasteiger partial charge on any atom is -0.378 e. The lowest BCUT2D eigenvalue weighted by atomic mass is 10.2. The van der Waals surface area contributed by atoms with Gasteiger partial charge in [-0.25, -0.2) is 4.98 Å². The quantitative estimate of drug-likeness (QED) is 0.792. The second-order valence-corrected chi connectivity index (χ2v) is 7.19. The summed E-state index contributed by atoms with van der Waals surface area (Å²) >= 11 is 1.56. The van der Waals surface area contributed by atoms with Gasteiger partial charge in [0.25, 0.3) is 0 Å². The fourth-order valence-electron chi connectivity index (χ4n) is 2.72. The molecule has 1 amide bonds. The number of carbonyl (C=O) groups is 1. The van der Waals surface area contributed by atoms with E-state index in [1.54, 1.807) is 30.1 Å². The third-order valence-corrected chi connectivity index (χ3v) is 5.22. The van der Waals surface area contributed by atoms with Crippen LogP contribution in [0.4, 0.5) is 5.82 Å². The van der Waals surface area contributed by atoms with Gasteiger partial charge < -0.3 is 15.0 Å². The Balaban J connectivity index is 1.41. The summed E-state index contributed by atoms with van der Waals surface area (Å²) in [6, 6.07) is 13.5. The molecule has 140 valence electrons. The van der Waals surface area contributed by atoms with Crippen molar-refractivity contribution in [1.29, 1.82) is 5.26 Å². The van der Waals surface area contributed by atoms with Crippen LogP contribution in [0.25, 0.3) is 0 Å². The molecule has 0 spiro atoms. The van der Waals surface area contributed by atoms with Crippen LogP contribution in [-0.2, 0) is 21.8 Å². The topological polar surface area (TPSA) is 78.2 Å². The molecule has 0 aliphatic carbocycles. The zero-order valence-corrected chi connectivity index (χ0v) is 15.9. The van der Waals surface area contributed by atoms with Gasteiger partial charge in [-0.05, 0) is 35.4 Å². The largest absolute Gasteiger partial charge is 0.378 e. The predicted molar refractivity (Wildman–Crippen MR) is 106 cm³/mol. The highest BCUT2D eigenvalue weighted by Gasteiger charge is 2.12. The fourth-order valence-corrected chi connectivity index (χ4v) is 3.54. The Bertz CT molecular complexity index is 798. The standard InChI is InChI=1S/C20H22N4O2S/c21-12-16-1-3-17(4-2-16)14-27-15-20(25)23-13-18-5-6-22-19(11-18)24-7-9-26-10-8-24/h1-6,11H,7-10,13-15H2,(H,23,25). The number of nitrogens with zero attached hydrogens (tertiary/aromatic N) is 3. The van der Waals surface area contributed by atoms with E-state index in [0.29, 0.717) is 17.9 Å². The number of amides is 1. The summed E-state index contributed by atoms with van der Waals surface area (Å²) in [5, 5.41) is 11.8. The zero-order valence-electron chi connectivity index (χ0n) is 15.1. The van der Waals surface area contributed by atoms with E-state index in [2.05, 4.69) is 21.3 Å². The van der Waals surface area contributed by atoms with Gasteiger partial charge in [0.1, 0.15) is 5.82 Å². The van der Waals surface area contributed by atoms with Crippen molar-refractivity contribution < 1.29 is 9.53 Å². The molecule has 3 rings (SSSR count). The van der Waals surface area contributed by atoms with Crippen LogP contribution in [-0.4, -0.2) is 42.9 Å². The molecule has 1 saturated heterocycles. The van der Waals surface area contributed by atoms with Gasteiger partial charge in [0.05, 0.1) is 30.6 Å². The number of nitriles is 1. The van der Waals surface area contributed by atoms with Gasteiger partial charge in [0, 0.05) is 31.6 Å². The van der Waals surface area contributed by atoms with E-state index in [9.17, 15) is 4.79 Å². The van der Waals surface area contributed by atoms with Crippen LogP contribution < -0.4 is 10.2 Å². The number of benzene rings is 1. The van der Waals surface area contributed by atoms with Crippen molar-refractivity contribution in [1.82, 2.24) is 10.3 Å². The maximum absolute atomic E-state index is 12.1. The molecule has 0 radical (unpaired) electrons. The van der Waals surface area contributed by atoms with Gasteiger partial charge in [0.2, 0.25) is 5.91 Å². The first-order valence-electron chi connectivity index (χ1n) is 8.86. The summed E-state index contributed by atoms with van der Waals surface area (Å²) in [6.07, 6.45) is 1.78. The molecule has 6 nitrogen and oxygen atoms in total. The molecule has 0 saturated carbocycles. The number of thioether (sulfide) groups is 1. The summed E-state index contributed by atoms with van der Waals surface area (Å²) in [4.78, 5) is 18.7. The van der Waals surface area contributed by atoms with Crippen LogP contribution in [0.1, 0.15) is 16.7 Å². The van der Waals surface area contributed by atoms with Crippen molar-refractivity contribution in [3.63, 3.8) is 0 Å². The highest BCUT2D eigenvalue weighted by Crippen LogP contribution is 2.15. The van der Waals surface area contributed by atoms with Crippen molar-refractivity contribution in [2.24, 2.45) is 0 Å². The predicted octanol–water partition coefficient (Wildman–Crippen LogP) is 2.34. The molecule has 1 aromatic carbocycles. The van der Waals surface area contributed by atoms with Gasteiger partial charge in [-0.3, -0.25) is 4.79 Å². The number of morpholine rings is 1. The minimum absolute atomic E-state index is 0.0124. The van der Waals surface area contributed by atoms with Crippen molar-refractivity contribution in [3.05, 3.63) is 59.3 Å². The van der Waals surface area contributed by atoms with Gasteiger partial charge in [0.15, 0.2) is 0 Å². The molecule has 0 unspecified atom stereocenters. The summed E-state index contributed by atoms with van der Waals surface area (Å²) in [5.74, 6) is 2.09. The number of ether oxygens (including phenoxy) is 1. The average molecular weight is 382 g/mol. The number of anilines is 1. The summed E-state index contributed by atoms with van der Waals surface area (Å²) in [5.41, 5.74) is 2.79. The van der Waals surface area contributed by atoms with E-state index in [-0.39, 0.29) is 5.91 Å². The normalized spacial score (nSPS) is 13.8. The zero-order chi connectivity index (χ0) is 18.9. The molecule has 7 heteroatoms. The highest BCUT2D eigenvalue weighted by atomic mass is 32.2. The molecule has 1 aliphatic heterocycles. The lowest BCUT2D eigenvalue weighted by Gasteiger charge is -2.28. The number of carbonyl (C=O) groups excluding carboxylic acids is 1. The number of pyridine rings is 1. The summed E-state index contributed by atoms with van der Waals surface area (Å²) in [6.45, 7) is 3.62. The van der Waals surface area contributed by atoms with Crippen LogP contribution in [0.15, 0.2) is 42.6 Å². The lowest BCUT2D eigenvalue weighted by molar-refractivity contribution is -0.118. The fraction of sp³-hybridized carbons (Fsp3) is 0.350. The molecule has 1 aliphatic rings. The first kappa shape index (κ1) is 19.2. The first-order valence-corrected chi connectivity index (χ1v) is 10.0. The number of hydrogen-bond acceptors (Lipinski definition) is 6. The Morgan fingerprint density at radius 3 is 2.74 bits per heavy atom. The van der Waals surface area contributed by atoms with Crippen molar-refractivity contribution in [2.45, 2.75) is 12.3 Å². The maximum Gasteiger partial charge on any atom is 0.230 e. The SMILES string of the molecule is N#Cc1ccc(CSCC(=O)NCc2ccnc(N3CCOCC3)c2)cc1. The van der Waals surface area contributed by atoms with Crippen LogP contribution in [0, 0.1) is 11.3 Å². The van der Waals surface area contributed by atoms with E-state index < -0.39 is 0 Å². The number of nitrogens with one attached hydrogen (secondary N) is 1. The average Bonchev–Trinajstić information content (AvgIpc) is 2.73. The van der Waals surface area contributed by atoms with Crippen LogP contribution in [0.3, 0.4) is 0 Å². The van der Waals surface area contributed by atoms with Gasteiger partial charge in [-0.2, -0.15) is 5.26 Å². The van der Waals surface area contributed by atoms with Crippen molar-refractivity contribution in [2.75, 3.05) is 37.0 Å². The molecule has 2 heterocycles. The van der Waals surface area contributed by atoms with E-state index in [4.69, 9.17) is 10.00 Å². The Morgan fingerprint density at radius 1 is 1.22 bits per heavy atom. The Labute approximate surface area is 163 Å². The second kappa shape index (κ2) is 9.95. The molecule has 1 fully saturated rings. The molecular formula is C20H22N4O2S. The third kappa shape index (κ3) is 5.98. The van der Waals surface area contributed by atoms with E-state index in [1.165, 1.54) is 0 Å². The van der Waals surface area contributed by atoms with Crippen LogP contribution in [0.5, 0.6) is 0 Å². The molecule has 1 aromatic heterocycles. The number of hydrogen-bond donors (Lipinski definition) is 1. The van der Waals surface area contributed by atoms with E-state index in [0.717, 1.165) is 49.0 Å². The first-order chi connectivity index (χ1) is 13.2.